The molecular formula is C9H19NO. The van der Waals surface area contributed by atoms with Gasteiger partial charge in [-0.2, -0.15) is 0 Å². The second kappa shape index (κ2) is 3.55. The van der Waals surface area contributed by atoms with Gasteiger partial charge in [-0.15, -0.1) is 0 Å². The average Bonchev–Trinajstić information content (AvgIpc) is 2.34. The fraction of sp³-hybridized carbons (Fsp3) is 1.00. The highest BCUT2D eigenvalue weighted by Gasteiger charge is 2.46. The zero-order valence-corrected chi connectivity index (χ0v) is 7.81. The quantitative estimate of drug-likeness (QED) is 0.574. The first-order chi connectivity index (χ1) is 5.33. The van der Waals surface area contributed by atoms with E-state index < -0.39 is 0 Å². The van der Waals surface area contributed by atoms with E-state index in [0.717, 1.165) is 25.6 Å². The van der Waals surface area contributed by atoms with E-state index in [4.69, 9.17) is 4.74 Å². The Morgan fingerprint density at radius 1 is 1.45 bits per heavy atom. The summed E-state index contributed by atoms with van der Waals surface area (Å²) in [4.78, 5) is 0. The zero-order valence-electron chi connectivity index (χ0n) is 7.81. The molecule has 2 aliphatic heterocycles. The largest absolute Gasteiger partial charge is 0.373 e. The maximum atomic E-state index is 5.53. The van der Waals surface area contributed by atoms with Gasteiger partial charge in [0.05, 0.1) is 12.2 Å². The molecule has 0 aromatic rings. The van der Waals surface area contributed by atoms with Crippen molar-refractivity contribution in [1.82, 2.24) is 5.32 Å². The summed E-state index contributed by atoms with van der Waals surface area (Å²) >= 11 is 0. The Morgan fingerprint density at radius 3 is 2.27 bits per heavy atom. The first kappa shape index (κ1) is 9.01. The van der Waals surface area contributed by atoms with E-state index in [0.29, 0.717) is 0 Å². The Hall–Kier alpha value is -0.0800. The summed E-state index contributed by atoms with van der Waals surface area (Å²) in [6.45, 7) is 9.46. The van der Waals surface area contributed by atoms with Crippen molar-refractivity contribution in [2.24, 2.45) is 5.92 Å². The van der Waals surface area contributed by atoms with Gasteiger partial charge >= 0.3 is 0 Å². The minimum atomic E-state index is 0.264. The van der Waals surface area contributed by atoms with Gasteiger partial charge in [-0.1, -0.05) is 20.8 Å². The van der Waals surface area contributed by atoms with Crippen molar-refractivity contribution in [1.29, 1.82) is 0 Å². The molecule has 1 spiro atoms. The van der Waals surface area contributed by atoms with Gasteiger partial charge in [0.25, 0.3) is 0 Å². The van der Waals surface area contributed by atoms with E-state index in [9.17, 15) is 0 Å². The molecule has 1 N–H and O–H groups in total. The molecular weight excluding hydrogens is 138 g/mol. The van der Waals surface area contributed by atoms with E-state index >= 15 is 0 Å². The molecule has 2 unspecified atom stereocenters. The van der Waals surface area contributed by atoms with Crippen LogP contribution in [0.2, 0.25) is 0 Å². The smallest absolute Gasteiger partial charge is 0.0865 e. The minimum absolute atomic E-state index is 0.264. The summed E-state index contributed by atoms with van der Waals surface area (Å²) in [5.41, 5.74) is 0.264. The van der Waals surface area contributed by atoms with E-state index in [1.807, 2.05) is 13.8 Å². The van der Waals surface area contributed by atoms with Crippen molar-refractivity contribution in [3.63, 3.8) is 0 Å². The second-order valence-electron chi connectivity index (χ2n) is 3.20. The molecule has 2 aliphatic rings. The molecule has 2 fully saturated rings. The first-order valence-electron chi connectivity index (χ1n) is 4.68. The topological polar surface area (TPSA) is 21.3 Å². The summed E-state index contributed by atoms with van der Waals surface area (Å²) in [7, 11) is 0. The van der Waals surface area contributed by atoms with Crippen molar-refractivity contribution in [3.8, 4) is 0 Å². The first-order valence-corrected chi connectivity index (χ1v) is 4.68. The highest BCUT2D eigenvalue weighted by Crippen LogP contribution is 2.36. The van der Waals surface area contributed by atoms with Gasteiger partial charge in [-0.25, -0.2) is 0 Å². The van der Waals surface area contributed by atoms with Crippen LogP contribution in [0.1, 0.15) is 27.2 Å². The Morgan fingerprint density at radius 2 is 2.09 bits per heavy atom. The maximum absolute atomic E-state index is 5.53. The van der Waals surface area contributed by atoms with Crippen LogP contribution in [-0.4, -0.2) is 25.3 Å². The molecule has 11 heavy (non-hydrogen) atoms. The lowest BCUT2D eigenvalue weighted by Crippen LogP contribution is -2.49. The number of nitrogens with one attached hydrogen (secondary N) is 1. The fourth-order valence-corrected chi connectivity index (χ4v) is 1.75. The molecule has 0 aliphatic carbocycles. The van der Waals surface area contributed by atoms with Crippen LogP contribution in [0.5, 0.6) is 0 Å². The van der Waals surface area contributed by atoms with Crippen LogP contribution in [0.4, 0.5) is 0 Å². The maximum Gasteiger partial charge on any atom is 0.0865 e. The Bertz CT molecular complexity index is 121. The van der Waals surface area contributed by atoms with E-state index in [1.165, 1.54) is 6.42 Å². The predicted molar refractivity (Wildman–Crippen MR) is 46.7 cm³/mol. The van der Waals surface area contributed by atoms with E-state index in [-0.39, 0.29) is 5.60 Å². The molecule has 0 aromatic heterocycles. The normalized spacial score (nSPS) is 41.2. The zero-order chi connectivity index (χ0) is 8.32. The molecule has 2 nitrogen and oxygen atoms in total. The van der Waals surface area contributed by atoms with Crippen molar-refractivity contribution in [2.75, 3.05) is 19.7 Å². The second-order valence-corrected chi connectivity index (χ2v) is 3.20. The summed E-state index contributed by atoms with van der Waals surface area (Å²) in [6.07, 6.45) is 1.27. The molecule has 66 valence electrons. The summed E-state index contributed by atoms with van der Waals surface area (Å²) in [6, 6.07) is 0. The molecule has 2 atom stereocenters. The van der Waals surface area contributed by atoms with Crippen molar-refractivity contribution in [2.45, 2.75) is 32.8 Å². The Labute approximate surface area is 69.3 Å². The lowest BCUT2D eigenvalue weighted by Gasteiger charge is -2.41. The fourth-order valence-electron chi connectivity index (χ4n) is 1.75. The predicted octanol–water partition coefficient (Wildman–Crippen LogP) is 1.41. The van der Waals surface area contributed by atoms with Crippen LogP contribution < -0.4 is 5.32 Å². The lowest BCUT2D eigenvalue weighted by molar-refractivity contribution is -0.154. The number of ether oxygens (including phenoxy) is 1. The molecule has 0 amide bonds. The molecule has 0 saturated carbocycles. The van der Waals surface area contributed by atoms with Gasteiger partial charge in [-0.05, 0) is 5.92 Å². The number of hydrogen-bond donors (Lipinski definition) is 1. The summed E-state index contributed by atoms with van der Waals surface area (Å²) in [5, 5.41) is 3.34. The van der Waals surface area contributed by atoms with Crippen LogP contribution in [0.3, 0.4) is 0 Å². The van der Waals surface area contributed by atoms with Crippen LogP contribution in [0.25, 0.3) is 0 Å². The third-order valence-corrected chi connectivity index (χ3v) is 2.69. The van der Waals surface area contributed by atoms with Crippen LogP contribution in [-0.2, 0) is 4.74 Å². The van der Waals surface area contributed by atoms with Gasteiger partial charge in [0.1, 0.15) is 0 Å². The monoisotopic (exact) mass is 157 g/mol. The van der Waals surface area contributed by atoms with Gasteiger partial charge in [0, 0.05) is 19.5 Å². The van der Waals surface area contributed by atoms with Crippen molar-refractivity contribution >= 4 is 0 Å². The van der Waals surface area contributed by atoms with E-state index in [2.05, 4.69) is 12.2 Å². The third-order valence-electron chi connectivity index (χ3n) is 2.69. The Kier molecular flexibility index (Phi) is 2.90. The van der Waals surface area contributed by atoms with Gasteiger partial charge < -0.3 is 10.1 Å². The van der Waals surface area contributed by atoms with Crippen molar-refractivity contribution in [3.05, 3.63) is 0 Å². The standard InChI is InChI=1S/C7H13NO.C2H6/c1-6-4-8-5-7(6)2-3-9-7;1-2/h6,8H,2-5H2,1H3;1-2H3. The molecule has 0 bridgehead atoms. The average molecular weight is 157 g/mol. The number of rotatable bonds is 0. The van der Waals surface area contributed by atoms with Crippen LogP contribution in [0.15, 0.2) is 0 Å². The van der Waals surface area contributed by atoms with Crippen molar-refractivity contribution < 1.29 is 4.74 Å². The van der Waals surface area contributed by atoms with Crippen LogP contribution >= 0.6 is 0 Å². The van der Waals surface area contributed by atoms with E-state index in [1.54, 1.807) is 0 Å². The molecule has 0 aromatic carbocycles. The number of hydrogen-bond acceptors (Lipinski definition) is 2. The molecule has 0 radical (unpaired) electrons. The van der Waals surface area contributed by atoms with Gasteiger partial charge in [0.15, 0.2) is 0 Å². The third kappa shape index (κ3) is 1.42. The molecule has 2 heterocycles. The lowest BCUT2D eigenvalue weighted by atomic mass is 9.85. The highest BCUT2D eigenvalue weighted by atomic mass is 16.5. The molecule has 2 saturated heterocycles. The highest BCUT2D eigenvalue weighted by molar-refractivity contribution is 4.99. The Balaban J connectivity index is 0.000000281. The van der Waals surface area contributed by atoms with Crippen LogP contribution in [0, 0.1) is 5.92 Å². The van der Waals surface area contributed by atoms with Gasteiger partial charge in [-0.3, -0.25) is 0 Å². The van der Waals surface area contributed by atoms with Gasteiger partial charge in [0.2, 0.25) is 0 Å². The molecule has 2 rings (SSSR count). The minimum Gasteiger partial charge on any atom is -0.373 e. The summed E-state index contributed by atoms with van der Waals surface area (Å²) < 4.78 is 5.53. The summed E-state index contributed by atoms with van der Waals surface area (Å²) in [5.74, 6) is 0.728. The molecule has 2 heteroatoms. The SMILES string of the molecule is CC.CC1CNCC12CCO2.